The molecular weight excluding hydrogens is 280 g/mol. The summed E-state index contributed by atoms with van der Waals surface area (Å²) in [6, 6.07) is 7.85. The van der Waals surface area contributed by atoms with Crippen LogP contribution in [0.5, 0.6) is 0 Å². The number of para-hydroxylation sites is 2. The molecule has 1 aliphatic carbocycles. The van der Waals surface area contributed by atoms with Crippen molar-refractivity contribution in [2.75, 3.05) is 19.0 Å². The molecule has 1 saturated carbocycles. The molecule has 1 fully saturated rings. The predicted octanol–water partition coefficient (Wildman–Crippen LogP) is 1.13. The van der Waals surface area contributed by atoms with Crippen molar-refractivity contribution in [3.8, 4) is 0 Å². The van der Waals surface area contributed by atoms with Gasteiger partial charge in [-0.2, -0.15) is 0 Å². The molecule has 1 heterocycles. The zero-order valence-electron chi connectivity index (χ0n) is 12.9. The quantitative estimate of drug-likeness (QED) is 0.899. The van der Waals surface area contributed by atoms with Crippen LogP contribution in [0.15, 0.2) is 29.1 Å². The first kappa shape index (κ1) is 14.6. The van der Waals surface area contributed by atoms with Gasteiger partial charge in [-0.15, -0.1) is 0 Å². The molecule has 1 aromatic heterocycles. The van der Waals surface area contributed by atoms with E-state index in [4.69, 9.17) is 0 Å². The lowest BCUT2D eigenvalue weighted by Crippen LogP contribution is -2.32. The van der Waals surface area contributed by atoms with E-state index in [2.05, 4.69) is 10.3 Å². The van der Waals surface area contributed by atoms with Crippen LogP contribution in [-0.2, 0) is 11.3 Å². The summed E-state index contributed by atoms with van der Waals surface area (Å²) in [7, 11) is 3.59. The molecule has 0 radical (unpaired) electrons. The fourth-order valence-corrected chi connectivity index (χ4v) is 2.43. The Bertz CT molecular complexity index is 762. The summed E-state index contributed by atoms with van der Waals surface area (Å²) in [5, 5.41) is 2.95. The number of nitrogens with one attached hydrogen (secondary N) is 1. The van der Waals surface area contributed by atoms with Crippen LogP contribution in [0.25, 0.3) is 11.0 Å². The monoisotopic (exact) mass is 300 g/mol. The molecule has 0 saturated heterocycles. The number of benzene rings is 1. The molecule has 22 heavy (non-hydrogen) atoms. The van der Waals surface area contributed by atoms with E-state index in [1.807, 2.05) is 24.3 Å². The van der Waals surface area contributed by atoms with Gasteiger partial charge >= 0.3 is 0 Å². The van der Waals surface area contributed by atoms with Crippen LogP contribution in [0.2, 0.25) is 0 Å². The largest absolute Gasteiger partial charge is 0.358 e. The van der Waals surface area contributed by atoms with E-state index in [1.54, 1.807) is 23.6 Å². The van der Waals surface area contributed by atoms with Crippen molar-refractivity contribution < 1.29 is 4.79 Å². The van der Waals surface area contributed by atoms with Crippen molar-refractivity contribution in [3.05, 3.63) is 34.6 Å². The summed E-state index contributed by atoms with van der Waals surface area (Å²) in [6.45, 7) is 0.362. The van der Waals surface area contributed by atoms with Crippen LogP contribution < -0.4 is 15.8 Å². The van der Waals surface area contributed by atoms with Crippen molar-refractivity contribution in [3.63, 3.8) is 0 Å². The first-order valence-electron chi connectivity index (χ1n) is 7.52. The highest BCUT2D eigenvalue weighted by Crippen LogP contribution is 2.19. The number of hydrogen-bond acceptors (Lipinski definition) is 4. The number of aromatic nitrogens is 2. The van der Waals surface area contributed by atoms with E-state index in [0.29, 0.717) is 24.8 Å². The summed E-state index contributed by atoms with van der Waals surface area (Å²) in [5.74, 6) is 0.392. The highest BCUT2D eigenvalue weighted by molar-refractivity contribution is 5.78. The molecule has 6 nitrogen and oxygen atoms in total. The summed E-state index contributed by atoms with van der Waals surface area (Å²) < 4.78 is 1.64. The minimum absolute atomic E-state index is 0.00157. The highest BCUT2D eigenvalue weighted by Gasteiger charge is 2.23. The Labute approximate surface area is 128 Å². The average molecular weight is 300 g/mol. The molecule has 3 rings (SSSR count). The van der Waals surface area contributed by atoms with Gasteiger partial charge in [0.25, 0.3) is 5.56 Å². The van der Waals surface area contributed by atoms with E-state index in [0.717, 1.165) is 23.9 Å². The van der Waals surface area contributed by atoms with E-state index >= 15 is 0 Å². The highest BCUT2D eigenvalue weighted by atomic mass is 16.2. The molecule has 0 spiro atoms. The molecule has 0 atom stereocenters. The molecule has 1 N–H and O–H groups in total. The van der Waals surface area contributed by atoms with Crippen LogP contribution >= 0.6 is 0 Å². The summed E-state index contributed by atoms with van der Waals surface area (Å²) in [6.07, 6.45) is 2.43. The first-order valence-corrected chi connectivity index (χ1v) is 7.52. The number of anilines is 1. The summed E-state index contributed by atoms with van der Waals surface area (Å²) in [5.41, 5.74) is 1.36. The van der Waals surface area contributed by atoms with Gasteiger partial charge in [0, 0.05) is 33.1 Å². The van der Waals surface area contributed by atoms with Gasteiger partial charge in [-0.05, 0) is 25.0 Å². The van der Waals surface area contributed by atoms with Crippen molar-refractivity contribution in [2.24, 2.45) is 0 Å². The molecule has 6 heteroatoms. The minimum atomic E-state index is -0.164. The third-order valence-electron chi connectivity index (χ3n) is 3.76. The Morgan fingerprint density at radius 2 is 2.09 bits per heavy atom. The lowest BCUT2D eigenvalue weighted by atomic mass is 10.2. The summed E-state index contributed by atoms with van der Waals surface area (Å²) in [4.78, 5) is 30.6. The van der Waals surface area contributed by atoms with Gasteiger partial charge < -0.3 is 14.8 Å². The maximum Gasteiger partial charge on any atom is 0.293 e. The molecule has 116 valence electrons. The lowest BCUT2D eigenvalue weighted by molar-refractivity contribution is -0.121. The number of nitrogens with zero attached hydrogens (tertiary/aromatic N) is 3. The Morgan fingerprint density at radius 1 is 1.36 bits per heavy atom. The maximum absolute atomic E-state index is 12.6. The van der Waals surface area contributed by atoms with Crippen molar-refractivity contribution in [1.29, 1.82) is 0 Å². The van der Waals surface area contributed by atoms with Gasteiger partial charge in [0.05, 0.1) is 11.0 Å². The molecule has 0 aliphatic heterocycles. The van der Waals surface area contributed by atoms with Crippen LogP contribution in [-0.4, -0.2) is 35.6 Å². The fourth-order valence-electron chi connectivity index (χ4n) is 2.43. The average Bonchev–Trinajstić information content (AvgIpc) is 3.29. The van der Waals surface area contributed by atoms with Crippen LogP contribution in [0.1, 0.15) is 19.3 Å². The fraction of sp³-hybridized carbons (Fsp3) is 0.438. The van der Waals surface area contributed by atoms with Gasteiger partial charge in [0.2, 0.25) is 5.91 Å². The minimum Gasteiger partial charge on any atom is -0.358 e. The Balaban J connectivity index is 1.93. The van der Waals surface area contributed by atoms with E-state index < -0.39 is 0 Å². The Hall–Kier alpha value is -2.37. The SMILES string of the molecule is CN(C)c1nc2ccccc2n(CCC(=O)NC2CC2)c1=O. The number of rotatable bonds is 5. The maximum atomic E-state index is 12.6. The predicted molar refractivity (Wildman–Crippen MR) is 86.1 cm³/mol. The number of carbonyl (C=O) groups excluding carboxylic acids is 1. The van der Waals surface area contributed by atoms with Crippen LogP contribution in [0.3, 0.4) is 0 Å². The number of hydrogen-bond donors (Lipinski definition) is 1. The van der Waals surface area contributed by atoms with Crippen LogP contribution in [0, 0.1) is 0 Å². The van der Waals surface area contributed by atoms with Crippen LogP contribution in [0.4, 0.5) is 5.82 Å². The second-order valence-corrected chi connectivity index (χ2v) is 5.87. The molecule has 2 aromatic rings. The van der Waals surface area contributed by atoms with Gasteiger partial charge in [0.1, 0.15) is 0 Å². The second kappa shape index (κ2) is 5.79. The van der Waals surface area contributed by atoms with Gasteiger partial charge in [-0.3, -0.25) is 9.59 Å². The normalized spacial score (nSPS) is 14.1. The number of aryl methyl sites for hydroxylation is 1. The molecular formula is C16H20N4O2. The number of fused-ring (bicyclic) bond motifs is 1. The summed E-state index contributed by atoms with van der Waals surface area (Å²) >= 11 is 0. The van der Waals surface area contributed by atoms with Gasteiger partial charge in [-0.1, -0.05) is 12.1 Å². The standard InChI is InChI=1S/C16H20N4O2/c1-19(2)15-16(22)20(10-9-14(21)17-11-7-8-11)13-6-4-3-5-12(13)18-15/h3-6,11H,7-10H2,1-2H3,(H,17,21). The van der Waals surface area contributed by atoms with E-state index in [-0.39, 0.29) is 11.5 Å². The Kier molecular flexibility index (Phi) is 3.83. The molecule has 0 unspecified atom stereocenters. The first-order chi connectivity index (χ1) is 10.6. The zero-order chi connectivity index (χ0) is 15.7. The molecule has 0 bridgehead atoms. The molecule has 1 amide bonds. The number of amides is 1. The molecule has 1 aliphatic rings. The van der Waals surface area contributed by atoms with Crippen molar-refractivity contribution >= 4 is 22.8 Å². The third kappa shape index (κ3) is 2.95. The van der Waals surface area contributed by atoms with Crippen molar-refractivity contribution in [1.82, 2.24) is 14.9 Å². The number of carbonyl (C=O) groups is 1. The second-order valence-electron chi connectivity index (χ2n) is 5.87. The van der Waals surface area contributed by atoms with E-state index in [1.165, 1.54) is 0 Å². The molecule has 1 aromatic carbocycles. The smallest absolute Gasteiger partial charge is 0.293 e. The zero-order valence-corrected chi connectivity index (χ0v) is 12.9. The topological polar surface area (TPSA) is 67.2 Å². The van der Waals surface area contributed by atoms with Crippen molar-refractivity contribution in [2.45, 2.75) is 31.8 Å². The van der Waals surface area contributed by atoms with Gasteiger partial charge in [0.15, 0.2) is 5.82 Å². The van der Waals surface area contributed by atoms with E-state index in [9.17, 15) is 9.59 Å². The lowest BCUT2D eigenvalue weighted by Gasteiger charge is -2.16. The Morgan fingerprint density at radius 3 is 2.77 bits per heavy atom. The van der Waals surface area contributed by atoms with Gasteiger partial charge in [-0.25, -0.2) is 4.98 Å². The third-order valence-corrected chi connectivity index (χ3v) is 3.76.